The van der Waals surface area contributed by atoms with Gasteiger partial charge in [-0.3, -0.25) is 0 Å². The van der Waals surface area contributed by atoms with Crippen LogP contribution >= 0.6 is 0 Å². The Kier molecular flexibility index (Phi) is 8.67. The molecule has 2 atom stereocenters. The number of esters is 1. The Morgan fingerprint density at radius 3 is 2.41 bits per heavy atom. The number of ether oxygens (including phenoxy) is 4. The van der Waals surface area contributed by atoms with Gasteiger partial charge in [-0.15, -0.1) is 0 Å². The summed E-state index contributed by atoms with van der Waals surface area (Å²) in [5.41, 5.74) is 2.06. The molecule has 7 nitrogen and oxygen atoms in total. The maximum absolute atomic E-state index is 12.7. The average Bonchev–Trinajstić information content (AvgIpc) is 3.37. The number of methoxy groups -OCH3 is 2. The van der Waals surface area contributed by atoms with Crippen LogP contribution in [0.15, 0.2) is 78.9 Å². The molecule has 4 rings (SSSR count). The van der Waals surface area contributed by atoms with E-state index in [1.807, 2.05) is 54.6 Å². The van der Waals surface area contributed by atoms with Crippen LogP contribution in [0.2, 0.25) is 0 Å². The van der Waals surface area contributed by atoms with Gasteiger partial charge in [0.2, 0.25) is 0 Å². The molecule has 1 amide bonds. The number of nitrogens with one attached hydrogen (secondary N) is 1. The number of carbonyl (C=O) groups excluding carboxylic acids is 2. The molecule has 7 heteroatoms. The first-order valence-corrected chi connectivity index (χ1v) is 12.4. The van der Waals surface area contributed by atoms with Gasteiger partial charge in [-0.1, -0.05) is 60.7 Å². The lowest BCUT2D eigenvalue weighted by molar-refractivity contribution is -0.148. The maximum Gasteiger partial charge on any atom is 0.408 e. The number of amides is 1. The molecule has 1 aliphatic carbocycles. The summed E-state index contributed by atoms with van der Waals surface area (Å²) in [5.74, 6) is 1.21. The third-order valence-electron chi connectivity index (χ3n) is 6.80. The van der Waals surface area contributed by atoms with Crippen LogP contribution in [0.1, 0.15) is 41.9 Å². The van der Waals surface area contributed by atoms with E-state index >= 15 is 0 Å². The summed E-state index contributed by atoms with van der Waals surface area (Å²) >= 11 is 0. The Labute approximate surface area is 217 Å². The summed E-state index contributed by atoms with van der Waals surface area (Å²) < 4.78 is 21.5. The molecule has 0 aromatic heterocycles. The molecule has 0 spiro atoms. The van der Waals surface area contributed by atoms with E-state index in [1.54, 1.807) is 7.11 Å². The Hall–Kier alpha value is -4.00. The Balaban J connectivity index is 1.32. The van der Waals surface area contributed by atoms with E-state index in [-0.39, 0.29) is 12.5 Å². The standard InChI is InChI=1S/C30H33NO6/c1-34-26-9-6-10-27(19-26)36-18-16-22-11-13-24(14-12-22)25-15-17-30(20-25,28(32)35-2)31-29(33)37-21-23-7-4-3-5-8-23/h3-14,19,25H,15-18,20-21H2,1-2H3,(H,31,33). The van der Waals surface area contributed by atoms with Gasteiger partial charge in [0.25, 0.3) is 0 Å². The van der Waals surface area contributed by atoms with Crippen LogP contribution in [-0.4, -0.2) is 38.4 Å². The number of rotatable bonds is 10. The zero-order valence-electron chi connectivity index (χ0n) is 21.3. The van der Waals surface area contributed by atoms with E-state index in [0.717, 1.165) is 41.0 Å². The molecule has 0 bridgehead atoms. The number of carbonyl (C=O) groups is 2. The largest absolute Gasteiger partial charge is 0.497 e. The van der Waals surface area contributed by atoms with Crippen LogP contribution in [0.5, 0.6) is 11.5 Å². The monoisotopic (exact) mass is 503 g/mol. The predicted molar refractivity (Wildman–Crippen MR) is 140 cm³/mol. The van der Waals surface area contributed by atoms with Gasteiger partial charge in [-0.05, 0) is 54.0 Å². The molecule has 0 heterocycles. The molecule has 194 valence electrons. The maximum atomic E-state index is 12.7. The van der Waals surface area contributed by atoms with Crippen LogP contribution in [0.25, 0.3) is 0 Å². The van der Waals surface area contributed by atoms with Gasteiger partial charge < -0.3 is 24.3 Å². The van der Waals surface area contributed by atoms with Crippen LogP contribution in [0.4, 0.5) is 4.79 Å². The summed E-state index contributed by atoms with van der Waals surface area (Å²) in [7, 11) is 2.98. The third kappa shape index (κ3) is 6.82. The van der Waals surface area contributed by atoms with Gasteiger partial charge >= 0.3 is 12.1 Å². The highest BCUT2D eigenvalue weighted by Crippen LogP contribution is 2.42. The number of hydrogen-bond donors (Lipinski definition) is 1. The smallest absolute Gasteiger partial charge is 0.408 e. The first-order chi connectivity index (χ1) is 18.0. The molecule has 2 unspecified atom stereocenters. The number of alkyl carbamates (subject to hydrolysis) is 1. The second kappa shape index (κ2) is 12.3. The van der Waals surface area contributed by atoms with Gasteiger partial charge in [-0.2, -0.15) is 0 Å². The highest BCUT2D eigenvalue weighted by atomic mass is 16.6. The molecule has 0 saturated heterocycles. The first kappa shape index (κ1) is 26.1. The molecule has 0 radical (unpaired) electrons. The van der Waals surface area contributed by atoms with Crippen molar-refractivity contribution in [3.8, 4) is 11.5 Å². The lowest BCUT2D eigenvalue weighted by atomic mass is 9.92. The molecule has 37 heavy (non-hydrogen) atoms. The van der Waals surface area contributed by atoms with E-state index in [0.29, 0.717) is 19.4 Å². The highest BCUT2D eigenvalue weighted by molar-refractivity contribution is 5.86. The van der Waals surface area contributed by atoms with Crippen molar-refractivity contribution in [2.75, 3.05) is 20.8 Å². The zero-order valence-corrected chi connectivity index (χ0v) is 21.3. The molecular formula is C30H33NO6. The van der Waals surface area contributed by atoms with E-state index < -0.39 is 17.6 Å². The van der Waals surface area contributed by atoms with Gasteiger partial charge in [0, 0.05) is 12.5 Å². The molecular weight excluding hydrogens is 470 g/mol. The van der Waals surface area contributed by atoms with Crippen molar-refractivity contribution in [2.45, 2.75) is 43.7 Å². The molecule has 1 aliphatic rings. The van der Waals surface area contributed by atoms with E-state index in [9.17, 15) is 9.59 Å². The van der Waals surface area contributed by atoms with Gasteiger partial charge in [0.05, 0.1) is 20.8 Å². The van der Waals surface area contributed by atoms with Crippen LogP contribution in [0, 0.1) is 0 Å². The Morgan fingerprint density at radius 1 is 0.919 bits per heavy atom. The molecule has 3 aromatic carbocycles. The molecule has 0 aliphatic heterocycles. The quantitative estimate of drug-likeness (QED) is 0.372. The average molecular weight is 504 g/mol. The summed E-state index contributed by atoms with van der Waals surface area (Å²) in [6.45, 7) is 0.687. The van der Waals surface area contributed by atoms with Crippen molar-refractivity contribution in [3.05, 3.63) is 95.6 Å². The van der Waals surface area contributed by atoms with Crippen LogP contribution in [0.3, 0.4) is 0 Å². The lowest BCUT2D eigenvalue weighted by Crippen LogP contribution is -2.53. The minimum absolute atomic E-state index is 0.121. The molecule has 3 aromatic rings. The molecule has 1 saturated carbocycles. The minimum atomic E-state index is -1.10. The lowest BCUT2D eigenvalue weighted by Gasteiger charge is -2.27. The van der Waals surface area contributed by atoms with Crippen molar-refractivity contribution >= 4 is 12.1 Å². The predicted octanol–water partition coefficient (Wildman–Crippen LogP) is 5.42. The van der Waals surface area contributed by atoms with E-state index in [2.05, 4.69) is 29.6 Å². The van der Waals surface area contributed by atoms with Crippen molar-refractivity contribution in [1.29, 1.82) is 0 Å². The zero-order chi connectivity index (χ0) is 26.1. The summed E-state index contributed by atoms with van der Waals surface area (Å²) in [6.07, 6.45) is 1.84. The van der Waals surface area contributed by atoms with E-state index in [1.165, 1.54) is 7.11 Å². The normalized spacial score (nSPS) is 18.6. The fourth-order valence-electron chi connectivity index (χ4n) is 4.76. The summed E-state index contributed by atoms with van der Waals surface area (Å²) in [6, 6.07) is 25.3. The fourth-order valence-corrected chi connectivity index (χ4v) is 4.76. The van der Waals surface area contributed by atoms with Gasteiger partial charge in [0.15, 0.2) is 0 Å². The van der Waals surface area contributed by atoms with Gasteiger partial charge in [0.1, 0.15) is 23.6 Å². The minimum Gasteiger partial charge on any atom is -0.497 e. The van der Waals surface area contributed by atoms with Gasteiger partial charge in [-0.25, -0.2) is 9.59 Å². The number of benzene rings is 3. The number of hydrogen-bond acceptors (Lipinski definition) is 6. The van der Waals surface area contributed by atoms with Crippen LogP contribution < -0.4 is 14.8 Å². The Bertz CT molecular complexity index is 1180. The molecule has 1 fully saturated rings. The first-order valence-electron chi connectivity index (χ1n) is 12.4. The summed E-state index contributed by atoms with van der Waals surface area (Å²) in [5, 5.41) is 2.81. The summed E-state index contributed by atoms with van der Waals surface area (Å²) in [4.78, 5) is 25.3. The van der Waals surface area contributed by atoms with Crippen molar-refractivity contribution in [1.82, 2.24) is 5.32 Å². The molecule has 1 N–H and O–H groups in total. The highest BCUT2D eigenvalue weighted by Gasteiger charge is 2.48. The Morgan fingerprint density at radius 2 is 1.68 bits per heavy atom. The topological polar surface area (TPSA) is 83.1 Å². The second-order valence-corrected chi connectivity index (χ2v) is 9.22. The SMILES string of the molecule is COC(=O)C1(NC(=O)OCc2ccccc2)CCC(c2ccc(CCOc3cccc(OC)c3)cc2)C1. The van der Waals surface area contributed by atoms with Crippen molar-refractivity contribution < 1.29 is 28.5 Å². The van der Waals surface area contributed by atoms with Crippen LogP contribution in [-0.2, 0) is 27.3 Å². The van der Waals surface area contributed by atoms with E-state index in [4.69, 9.17) is 18.9 Å². The third-order valence-corrected chi connectivity index (χ3v) is 6.80. The second-order valence-electron chi connectivity index (χ2n) is 9.22. The van der Waals surface area contributed by atoms with Crippen molar-refractivity contribution in [2.24, 2.45) is 0 Å². The fraction of sp³-hybridized carbons (Fsp3) is 0.333. The van der Waals surface area contributed by atoms with Crippen molar-refractivity contribution in [3.63, 3.8) is 0 Å².